The number of nitrogens with two attached hydrogens (primary N) is 2. The van der Waals surface area contributed by atoms with Crippen molar-refractivity contribution in [3.05, 3.63) is 52.2 Å². The average molecular weight is 403 g/mol. The molecule has 28 heavy (non-hydrogen) atoms. The van der Waals surface area contributed by atoms with Crippen LogP contribution in [0, 0.1) is 16.7 Å². The van der Waals surface area contributed by atoms with E-state index >= 15 is 0 Å². The molecule has 9 heteroatoms. The van der Waals surface area contributed by atoms with Crippen LogP contribution in [-0.2, 0) is 4.79 Å². The molecule has 0 fully saturated rings. The van der Waals surface area contributed by atoms with Gasteiger partial charge < -0.3 is 21.9 Å². The van der Waals surface area contributed by atoms with Gasteiger partial charge in [-0.1, -0.05) is 17.7 Å². The molecule has 0 saturated carbocycles. The van der Waals surface area contributed by atoms with Crippen LogP contribution in [0.1, 0.15) is 25.0 Å². The summed E-state index contributed by atoms with van der Waals surface area (Å²) in [5.41, 5.74) is 12.6. The van der Waals surface area contributed by atoms with Crippen molar-refractivity contribution in [3.8, 4) is 6.07 Å². The molecule has 0 spiro atoms. The maximum Gasteiger partial charge on any atom is 0.269 e. The number of nitrogens with zero attached hydrogens (tertiary/aromatic N) is 2. The molecule has 0 aliphatic carbocycles. The molecule has 0 aliphatic rings. The summed E-state index contributed by atoms with van der Waals surface area (Å²) in [5.74, 6) is -0.617. The second kappa shape index (κ2) is 10.9. The van der Waals surface area contributed by atoms with Gasteiger partial charge in [0.1, 0.15) is 11.8 Å². The zero-order chi connectivity index (χ0) is 21.3. The van der Waals surface area contributed by atoms with Crippen LogP contribution in [-0.4, -0.2) is 41.6 Å². The Balaban J connectivity index is 2.60. The summed E-state index contributed by atoms with van der Waals surface area (Å²) >= 11 is 5.98. The average Bonchev–Trinajstić information content (AvgIpc) is 2.64. The zero-order valence-electron chi connectivity index (χ0n) is 15.6. The molecule has 148 valence electrons. The van der Waals surface area contributed by atoms with Crippen molar-refractivity contribution in [2.24, 2.45) is 16.5 Å². The Kier molecular flexibility index (Phi) is 8.88. The van der Waals surface area contributed by atoms with Gasteiger partial charge >= 0.3 is 0 Å². The quantitative estimate of drug-likeness (QED) is 0.413. The van der Waals surface area contributed by atoms with Crippen LogP contribution in [0.4, 0.5) is 0 Å². The Morgan fingerprint density at radius 2 is 2.14 bits per heavy atom. The molecular formula is C19H23ClN6O2. The summed E-state index contributed by atoms with van der Waals surface area (Å²) in [7, 11) is 0. The van der Waals surface area contributed by atoms with Crippen LogP contribution >= 0.6 is 11.6 Å². The summed E-state index contributed by atoms with van der Waals surface area (Å²) in [6, 6.07) is 6.51. The van der Waals surface area contributed by atoms with Gasteiger partial charge in [-0.25, -0.2) is 0 Å². The number of benzene rings is 1. The molecule has 1 aromatic rings. The number of aliphatic imine (C=N–C) groups is 1. The first-order valence-corrected chi connectivity index (χ1v) is 8.73. The van der Waals surface area contributed by atoms with Crippen LogP contribution in [0.2, 0.25) is 5.02 Å². The van der Waals surface area contributed by atoms with E-state index in [4.69, 9.17) is 33.7 Å². The summed E-state index contributed by atoms with van der Waals surface area (Å²) in [6.45, 7) is 3.45. The van der Waals surface area contributed by atoms with E-state index in [9.17, 15) is 9.90 Å². The summed E-state index contributed by atoms with van der Waals surface area (Å²) in [6.07, 6.45) is 3.27. The Morgan fingerprint density at radius 1 is 1.46 bits per heavy atom. The third-order valence-electron chi connectivity index (χ3n) is 3.58. The fourth-order valence-electron chi connectivity index (χ4n) is 1.93. The number of carbonyl (C=O) groups is 1. The molecule has 0 saturated heterocycles. The molecule has 7 N–H and O–H groups in total. The van der Waals surface area contributed by atoms with Crippen LogP contribution in [0.15, 0.2) is 41.0 Å². The molecule has 1 unspecified atom stereocenters. The van der Waals surface area contributed by atoms with Gasteiger partial charge in [0.05, 0.1) is 23.2 Å². The normalized spacial score (nSPS) is 14.4. The van der Waals surface area contributed by atoms with E-state index in [0.717, 1.165) is 6.08 Å². The maximum atomic E-state index is 11.9. The number of amides is 1. The number of nitriles is 1. The van der Waals surface area contributed by atoms with E-state index in [-0.39, 0.29) is 24.0 Å². The topological polar surface area (TPSA) is 161 Å². The van der Waals surface area contributed by atoms with E-state index in [0.29, 0.717) is 21.8 Å². The van der Waals surface area contributed by atoms with Crippen LogP contribution in [0.3, 0.4) is 0 Å². The van der Waals surface area contributed by atoms with Gasteiger partial charge in [0.25, 0.3) is 5.91 Å². The monoisotopic (exact) mass is 402 g/mol. The fourth-order valence-corrected chi connectivity index (χ4v) is 2.16. The molecule has 1 amide bonds. The van der Waals surface area contributed by atoms with Crippen LogP contribution in [0.25, 0.3) is 5.70 Å². The summed E-state index contributed by atoms with van der Waals surface area (Å²) in [5, 5.41) is 28.7. The van der Waals surface area contributed by atoms with E-state index in [1.165, 1.54) is 13.1 Å². The lowest BCUT2D eigenvalue weighted by atomic mass is 10.1. The minimum Gasteiger partial charge on any atom is -0.400 e. The van der Waals surface area contributed by atoms with Gasteiger partial charge in [-0.15, -0.1) is 0 Å². The first kappa shape index (κ1) is 22.9. The number of hydrogen-bond donors (Lipinski definition) is 5. The molecular weight excluding hydrogens is 380 g/mol. The van der Waals surface area contributed by atoms with Gasteiger partial charge in [-0.2, -0.15) is 5.26 Å². The largest absolute Gasteiger partial charge is 0.400 e. The Labute approximate surface area is 168 Å². The molecule has 2 atom stereocenters. The van der Waals surface area contributed by atoms with E-state index in [1.54, 1.807) is 31.2 Å². The molecule has 8 nitrogen and oxygen atoms in total. The lowest BCUT2D eigenvalue weighted by molar-refractivity contribution is -0.115. The second-order valence-electron chi connectivity index (χ2n) is 6.05. The first-order valence-electron chi connectivity index (χ1n) is 8.35. The first-order chi connectivity index (χ1) is 13.1. The second-order valence-corrected chi connectivity index (χ2v) is 6.46. The number of halogens is 1. The third-order valence-corrected chi connectivity index (χ3v) is 3.89. The highest BCUT2D eigenvalue weighted by molar-refractivity contribution is 6.42. The van der Waals surface area contributed by atoms with Crippen molar-refractivity contribution in [1.29, 1.82) is 10.7 Å². The fraction of sp³-hybridized carbons (Fsp3) is 0.263. The van der Waals surface area contributed by atoms with Gasteiger partial charge in [-0.3, -0.25) is 15.2 Å². The van der Waals surface area contributed by atoms with Gasteiger partial charge in [-0.05, 0) is 43.7 Å². The number of nitrogens with one attached hydrogen (secondary N) is 2. The smallest absolute Gasteiger partial charge is 0.269 e. The Hall–Kier alpha value is -3.15. The molecule has 0 aromatic heterocycles. The van der Waals surface area contributed by atoms with Gasteiger partial charge in [0, 0.05) is 23.7 Å². The lowest BCUT2D eigenvalue weighted by Gasteiger charge is -2.11. The number of aliphatic hydroxyl groups excluding tert-OH is 1. The van der Waals surface area contributed by atoms with Gasteiger partial charge in [0.15, 0.2) is 0 Å². The molecule has 0 aliphatic heterocycles. The highest BCUT2D eigenvalue weighted by Crippen LogP contribution is 2.19. The summed E-state index contributed by atoms with van der Waals surface area (Å²) < 4.78 is 0. The van der Waals surface area contributed by atoms with Crippen molar-refractivity contribution < 1.29 is 9.90 Å². The van der Waals surface area contributed by atoms with Crippen molar-refractivity contribution in [1.82, 2.24) is 5.32 Å². The van der Waals surface area contributed by atoms with E-state index in [2.05, 4.69) is 10.3 Å². The highest BCUT2D eigenvalue weighted by Gasteiger charge is 2.12. The van der Waals surface area contributed by atoms with Crippen LogP contribution < -0.4 is 16.8 Å². The minimum atomic E-state index is -0.932. The number of allylic oxidation sites excluding steroid dienone is 1. The van der Waals surface area contributed by atoms with E-state index in [1.807, 2.05) is 6.07 Å². The maximum absolute atomic E-state index is 11.9. The van der Waals surface area contributed by atoms with Crippen molar-refractivity contribution >= 4 is 35.1 Å². The van der Waals surface area contributed by atoms with Crippen molar-refractivity contribution in [2.45, 2.75) is 26.0 Å². The predicted octanol–water partition coefficient (Wildman–Crippen LogP) is 1.33. The Bertz CT molecular complexity index is 868. The minimum absolute atomic E-state index is 0.0364. The number of hydrogen-bond acceptors (Lipinski definition) is 7. The zero-order valence-corrected chi connectivity index (χ0v) is 16.4. The molecule has 1 rings (SSSR count). The SMILES string of the molecule is CC(O)/C(N)=C/C(=N)C(=O)N[C@@H](C)CN=CC=C(N)c1ccc(C#N)c(Cl)c1. The van der Waals surface area contributed by atoms with Crippen molar-refractivity contribution in [2.75, 3.05) is 6.54 Å². The molecule has 1 aromatic carbocycles. The number of carbonyl (C=O) groups excluding carboxylic acids is 1. The molecule has 0 bridgehead atoms. The molecule has 0 heterocycles. The third kappa shape index (κ3) is 7.23. The van der Waals surface area contributed by atoms with Crippen LogP contribution in [0.5, 0.6) is 0 Å². The van der Waals surface area contributed by atoms with E-state index < -0.39 is 12.0 Å². The van der Waals surface area contributed by atoms with Gasteiger partial charge in [0.2, 0.25) is 0 Å². The molecule has 0 radical (unpaired) electrons. The van der Waals surface area contributed by atoms with Crippen molar-refractivity contribution in [3.63, 3.8) is 0 Å². The number of rotatable bonds is 8. The predicted molar refractivity (Wildman–Crippen MR) is 111 cm³/mol. The lowest BCUT2D eigenvalue weighted by Crippen LogP contribution is -2.38. The number of aliphatic hydroxyl groups is 1. The highest BCUT2D eigenvalue weighted by atomic mass is 35.5. The standard InChI is InChI=1S/C19H23ClN6O2/c1-11(26-19(28)18(24)8-17(23)12(2)27)10-25-6-5-16(22)13-3-4-14(9-21)15(20)7-13/h3-8,11-12,24,27H,10,22-23H2,1-2H3,(H,26,28)/b16-5?,17-8-,24-18?,25-6?/t11-,12?/m0/s1. The Morgan fingerprint density at radius 3 is 2.71 bits per heavy atom. The summed E-state index contributed by atoms with van der Waals surface area (Å²) in [4.78, 5) is 16.0.